The maximum absolute atomic E-state index is 12.8. The van der Waals surface area contributed by atoms with Crippen molar-refractivity contribution in [2.24, 2.45) is 0 Å². The zero-order chi connectivity index (χ0) is 19.6. The van der Waals surface area contributed by atoms with Gasteiger partial charge in [-0.05, 0) is 18.9 Å². The first kappa shape index (κ1) is 18.5. The maximum Gasteiger partial charge on any atom is 0.335 e. The molecule has 1 aromatic heterocycles. The first-order valence-corrected chi connectivity index (χ1v) is 8.53. The highest BCUT2D eigenvalue weighted by atomic mass is 16.6. The molecule has 1 fully saturated rings. The van der Waals surface area contributed by atoms with Crippen molar-refractivity contribution in [2.45, 2.75) is 44.6 Å². The number of rotatable bonds is 6. The number of hydrogen-bond donors (Lipinski definition) is 2. The molecule has 1 aliphatic rings. The van der Waals surface area contributed by atoms with E-state index in [4.69, 9.17) is 9.63 Å². The Hall–Kier alpha value is -3.30. The second kappa shape index (κ2) is 7.14. The molecule has 2 N–H and O–H groups in total. The lowest BCUT2D eigenvalue weighted by Gasteiger charge is -2.26. The molecule has 1 amide bonds. The summed E-state index contributed by atoms with van der Waals surface area (Å²) >= 11 is 0. The lowest BCUT2D eigenvalue weighted by Crippen LogP contribution is -2.44. The Morgan fingerprint density at radius 1 is 1.30 bits per heavy atom. The first-order valence-electron chi connectivity index (χ1n) is 8.53. The molecule has 1 saturated carbocycles. The molecule has 0 spiro atoms. The summed E-state index contributed by atoms with van der Waals surface area (Å²) in [5, 5.41) is 27.0. The van der Waals surface area contributed by atoms with E-state index >= 15 is 0 Å². The highest BCUT2D eigenvalue weighted by Crippen LogP contribution is 2.37. The number of amides is 1. The van der Waals surface area contributed by atoms with Gasteiger partial charge >= 0.3 is 5.97 Å². The number of aryl methyl sites for hydroxylation is 1. The van der Waals surface area contributed by atoms with Crippen LogP contribution in [0.3, 0.4) is 0 Å². The third kappa shape index (κ3) is 3.64. The second-order valence-corrected chi connectivity index (χ2v) is 6.44. The van der Waals surface area contributed by atoms with Gasteiger partial charge in [0.2, 0.25) is 5.89 Å². The van der Waals surface area contributed by atoms with E-state index in [-0.39, 0.29) is 11.1 Å². The van der Waals surface area contributed by atoms with Gasteiger partial charge < -0.3 is 14.9 Å². The predicted octanol–water partition coefficient (Wildman–Crippen LogP) is 2.44. The SMILES string of the molecule is CCc1nc(C2(NC(=O)c3cc(C(=O)O)cc([N+](=O)[O-])c3)CCCC2)no1. The van der Waals surface area contributed by atoms with Gasteiger partial charge in [0.15, 0.2) is 5.82 Å². The van der Waals surface area contributed by atoms with Gasteiger partial charge in [0.25, 0.3) is 11.6 Å². The minimum Gasteiger partial charge on any atom is -0.478 e. The lowest BCUT2D eigenvalue weighted by molar-refractivity contribution is -0.384. The van der Waals surface area contributed by atoms with Crippen molar-refractivity contribution in [3.63, 3.8) is 0 Å². The van der Waals surface area contributed by atoms with Crippen LogP contribution in [0.4, 0.5) is 5.69 Å². The molecule has 0 unspecified atom stereocenters. The summed E-state index contributed by atoms with van der Waals surface area (Å²) in [5.41, 5.74) is -1.73. The van der Waals surface area contributed by atoms with Crippen LogP contribution in [-0.4, -0.2) is 32.0 Å². The number of nitrogens with zero attached hydrogens (tertiary/aromatic N) is 3. The summed E-state index contributed by atoms with van der Waals surface area (Å²) in [4.78, 5) is 38.7. The molecule has 0 bridgehead atoms. The van der Waals surface area contributed by atoms with E-state index in [1.54, 1.807) is 0 Å². The van der Waals surface area contributed by atoms with Crippen LogP contribution < -0.4 is 5.32 Å². The lowest BCUT2D eigenvalue weighted by atomic mass is 9.95. The van der Waals surface area contributed by atoms with Crippen LogP contribution in [0, 0.1) is 10.1 Å². The van der Waals surface area contributed by atoms with E-state index in [2.05, 4.69) is 15.5 Å². The predicted molar refractivity (Wildman–Crippen MR) is 91.3 cm³/mol. The van der Waals surface area contributed by atoms with Crippen molar-refractivity contribution in [1.82, 2.24) is 15.5 Å². The van der Waals surface area contributed by atoms with Crippen molar-refractivity contribution in [1.29, 1.82) is 0 Å². The Morgan fingerprint density at radius 3 is 2.52 bits per heavy atom. The van der Waals surface area contributed by atoms with Gasteiger partial charge in [0.1, 0.15) is 5.54 Å². The van der Waals surface area contributed by atoms with Gasteiger partial charge in [0, 0.05) is 24.1 Å². The zero-order valence-corrected chi connectivity index (χ0v) is 14.6. The van der Waals surface area contributed by atoms with E-state index in [1.165, 1.54) is 0 Å². The fraction of sp³-hybridized carbons (Fsp3) is 0.412. The van der Waals surface area contributed by atoms with Gasteiger partial charge in [-0.25, -0.2) is 4.79 Å². The highest BCUT2D eigenvalue weighted by molar-refractivity contribution is 5.98. The third-order valence-electron chi connectivity index (χ3n) is 4.65. The monoisotopic (exact) mass is 374 g/mol. The highest BCUT2D eigenvalue weighted by Gasteiger charge is 2.41. The van der Waals surface area contributed by atoms with Crippen molar-refractivity contribution >= 4 is 17.6 Å². The molecule has 1 heterocycles. The number of benzene rings is 1. The molecule has 27 heavy (non-hydrogen) atoms. The third-order valence-corrected chi connectivity index (χ3v) is 4.65. The smallest absolute Gasteiger partial charge is 0.335 e. The van der Waals surface area contributed by atoms with Gasteiger partial charge in [-0.3, -0.25) is 14.9 Å². The van der Waals surface area contributed by atoms with Crippen LogP contribution in [0.5, 0.6) is 0 Å². The number of carboxylic acids is 1. The summed E-state index contributed by atoms with van der Waals surface area (Å²) in [6.45, 7) is 1.87. The molecular formula is C17H18N4O6. The molecule has 10 nitrogen and oxygen atoms in total. The summed E-state index contributed by atoms with van der Waals surface area (Å²) in [6, 6.07) is 3.08. The largest absolute Gasteiger partial charge is 0.478 e. The molecule has 0 radical (unpaired) electrons. The molecule has 1 aliphatic carbocycles. The number of carboxylic acid groups (broad SMARTS) is 1. The normalized spacial score (nSPS) is 15.4. The van der Waals surface area contributed by atoms with E-state index in [0.29, 0.717) is 31.0 Å². The molecule has 2 aromatic rings. The fourth-order valence-electron chi connectivity index (χ4n) is 3.24. The summed E-state index contributed by atoms with van der Waals surface area (Å²) < 4.78 is 5.16. The van der Waals surface area contributed by atoms with Gasteiger partial charge in [-0.15, -0.1) is 0 Å². The summed E-state index contributed by atoms with van der Waals surface area (Å²) in [7, 11) is 0. The number of hydrogen-bond acceptors (Lipinski definition) is 7. The van der Waals surface area contributed by atoms with Crippen molar-refractivity contribution in [3.8, 4) is 0 Å². The van der Waals surface area contributed by atoms with Crippen LogP contribution in [0.2, 0.25) is 0 Å². The van der Waals surface area contributed by atoms with Crippen molar-refractivity contribution < 1.29 is 24.1 Å². The number of carbonyl (C=O) groups is 2. The fourth-order valence-corrected chi connectivity index (χ4v) is 3.24. The second-order valence-electron chi connectivity index (χ2n) is 6.44. The van der Waals surface area contributed by atoms with E-state index in [9.17, 15) is 19.7 Å². The number of nitrogens with one attached hydrogen (secondary N) is 1. The molecule has 142 valence electrons. The Morgan fingerprint density at radius 2 is 1.96 bits per heavy atom. The maximum atomic E-state index is 12.8. The average Bonchev–Trinajstić information content (AvgIpc) is 3.31. The quantitative estimate of drug-likeness (QED) is 0.578. The average molecular weight is 374 g/mol. The minimum atomic E-state index is -1.35. The molecule has 0 aliphatic heterocycles. The van der Waals surface area contributed by atoms with Crippen LogP contribution in [0.15, 0.2) is 22.7 Å². The number of carbonyl (C=O) groups excluding carboxylic acids is 1. The Labute approximate surface area is 153 Å². The number of aromatic nitrogens is 2. The number of nitro benzene ring substituents is 1. The van der Waals surface area contributed by atoms with E-state index in [0.717, 1.165) is 31.0 Å². The van der Waals surface area contributed by atoms with Crippen LogP contribution in [-0.2, 0) is 12.0 Å². The molecule has 0 saturated heterocycles. The van der Waals surface area contributed by atoms with Gasteiger partial charge in [-0.1, -0.05) is 24.9 Å². The summed E-state index contributed by atoms with van der Waals surface area (Å²) in [6.07, 6.45) is 3.46. The van der Waals surface area contributed by atoms with Gasteiger partial charge in [0.05, 0.1) is 10.5 Å². The Balaban J connectivity index is 1.95. The molecule has 3 rings (SSSR count). The Kier molecular flexibility index (Phi) is 4.89. The van der Waals surface area contributed by atoms with E-state index < -0.39 is 28.0 Å². The zero-order valence-electron chi connectivity index (χ0n) is 14.6. The standard InChI is InChI=1S/C17H18N4O6/c1-2-13-18-16(20-27-13)17(5-3-4-6-17)19-14(22)10-7-11(15(23)24)9-12(8-10)21(25)26/h7-9H,2-6H2,1H3,(H,19,22)(H,23,24). The number of non-ortho nitro benzene ring substituents is 1. The molecule has 1 aromatic carbocycles. The molecule has 0 atom stereocenters. The Bertz CT molecular complexity index is 868. The molecular weight excluding hydrogens is 356 g/mol. The number of aromatic carboxylic acids is 1. The molecule has 10 heteroatoms. The first-order chi connectivity index (χ1) is 12.8. The van der Waals surface area contributed by atoms with Crippen LogP contribution >= 0.6 is 0 Å². The van der Waals surface area contributed by atoms with Crippen LogP contribution in [0.25, 0.3) is 0 Å². The minimum absolute atomic E-state index is 0.105. The van der Waals surface area contributed by atoms with Crippen molar-refractivity contribution in [3.05, 3.63) is 51.2 Å². The van der Waals surface area contributed by atoms with Crippen LogP contribution in [0.1, 0.15) is 65.0 Å². The number of nitro groups is 1. The topological polar surface area (TPSA) is 148 Å². The van der Waals surface area contributed by atoms with Crippen molar-refractivity contribution in [2.75, 3.05) is 0 Å². The van der Waals surface area contributed by atoms with E-state index in [1.807, 2.05) is 6.92 Å². The summed E-state index contributed by atoms with van der Waals surface area (Å²) in [5.74, 6) is -1.15. The van der Waals surface area contributed by atoms with Gasteiger partial charge in [-0.2, -0.15) is 4.98 Å².